The molecule has 3 nitrogen and oxygen atoms in total. The minimum Gasteiger partial charge on any atom is -0.492 e. The number of nitrogens with one attached hydrogen (secondary N) is 1. The Morgan fingerprint density at radius 1 is 1.37 bits per heavy atom. The number of piperazine rings is 1. The molecule has 2 aliphatic rings. The average molecular weight is 281 g/mol. The Morgan fingerprint density at radius 2 is 2.16 bits per heavy atom. The lowest BCUT2D eigenvalue weighted by atomic mass is 9.96. The third kappa shape index (κ3) is 2.73. The molecule has 1 fully saturated rings. The molecule has 0 atom stereocenters. The first-order chi connectivity index (χ1) is 9.25. The van der Waals surface area contributed by atoms with Crippen LogP contribution in [0.1, 0.15) is 23.1 Å². The lowest BCUT2D eigenvalue weighted by molar-refractivity contribution is 0.232. The van der Waals surface area contributed by atoms with Crippen LogP contribution in [-0.4, -0.2) is 37.7 Å². The summed E-state index contributed by atoms with van der Waals surface area (Å²) in [5.74, 6) is 0.925. The van der Waals surface area contributed by atoms with Crippen LogP contribution in [0.15, 0.2) is 6.07 Å². The summed E-state index contributed by atoms with van der Waals surface area (Å²) in [4.78, 5) is 2.49. The molecule has 104 valence electrons. The van der Waals surface area contributed by atoms with Gasteiger partial charge in [0.2, 0.25) is 0 Å². The van der Waals surface area contributed by atoms with Crippen molar-refractivity contribution in [2.24, 2.45) is 0 Å². The Balaban J connectivity index is 1.86. The molecular weight excluding hydrogens is 260 g/mol. The smallest absolute Gasteiger partial charge is 0.141 e. The van der Waals surface area contributed by atoms with E-state index in [2.05, 4.69) is 23.2 Å². The molecule has 4 heteroatoms. The Bertz CT molecular complexity index is 470. The van der Waals surface area contributed by atoms with Gasteiger partial charge in [-0.3, -0.25) is 4.90 Å². The number of hydrogen-bond donors (Lipinski definition) is 1. The second-order valence-electron chi connectivity index (χ2n) is 5.43. The maximum absolute atomic E-state index is 6.38. The maximum atomic E-state index is 6.38. The second kappa shape index (κ2) is 5.70. The molecule has 0 radical (unpaired) electrons. The van der Waals surface area contributed by atoms with Crippen molar-refractivity contribution in [1.82, 2.24) is 10.2 Å². The topological polar surface area (TPSA) is 24.5 Å². The van der Waals surface area contributed by atoms with E-state index in [1.54, 1.807) is 0 Å². The minimum absolute atomic E-state index is 0.783. The highest BCUT2D eigenvalue weighted by Crippen LogP contribution is 2.37. The van der Waals surface area contributed by atoms with E-state index >= 15 is 0 Å². The first-order valence-corrected chi connectivity index (χ1v) is 7.50. The van der Waals surface area contributed by atoms with Crippen molar-refractivity contribution in [2.75, 3.05) is 32.8 Å². The molecule has 1 saturated heterocycles. The average Bonchev–Trinajstić information content (AvgIpc) is 2.46. The van der Waals surface area contributed by atoms with Crippen molar-refractivity contribution in [3.05, 3.63) is 27.8 Å². The molecular formula is C15H21ClN2O. The molecule has 0 bridgehead atoms. The summed E-state index contributed by atoms with van der Waals surface area (Å²) in [5, 5.41) is 4.17. The van der Waals surface area contributed by atoms with Gasteiger partial charge in [-0.15, -0.1) is 0 Å². The molecule has 1 aromatic rings. The van der Waals surface area contributed by atoms with Gasteiger partial charge in [-0.1, -0.05) is 11.6 Å². The zero-order valence-corrected chi connectivity index (χ0v) is 12.2. The summed E-state index contributed by atoms with van der Waals surface area (Å²) >= 11 is 6.38. The summed E-state index contributed by atoms with van der Waals surface area (Å²) in [6, 6.07) is 2.10. The summed E-state index contributed by atoms with van der Waals surface area (Å²) < 4.78 is 5.72. The van der Waals surface area contributed by atoms with E-state index < -0.39 is 0 Å². The van der Waals surface area contributed by atoms with Crippen molar-refractivity contribution < 1.29 is 4.74 Å². The predicted octanol–water partition coefficient (Wildman–Crippen LogP) is 2.38. The molecule has 0 unspecified atom stereocenters. The van der Waals surface area contributed by atoms with Gasteiger partial charge in [0.15, 0.2) is 0 Å². The SMILES string of the molecule is Cc1c(CN2CCNCC2)cc(Cl)c2c1CCCO2. The third-order valence-electron chi connectivity index (χ3n) is 4.15. The summed E-state index contributed by atoms with van der Waals surface area (Å²) in [7, 11) is 0. The molecule has 0 saturated carbocycles. The van der Waals surface area contributed by atoms with Crippen LogP contribution < -0.4 is 10.1 Å². The zero-order chi connectivity index (χ0) is 13.2. The lowest BCUT2D eigenvalue weighted by Crippen LogP contribution is -2.43. The van der Waals surface area contributed by atoms with Crippen LogP contribution in [-0.2, 0) is 13.0 Å². The van der Waals surface area contributed by atoms with Crippen LogP contribution in [0.2, 0.25) is 5.02 Å². The fraction of sp³-hybridized carbons (Fsp3) is 0.600. The van der Waals surface area contributed by atoms with Gasteiger partial charge in [-0.2, -0.15) is 0 Å². The normalized spacial score (nSPS) is 19.9. The van der Waals surface area contributed by atoms with Gasteiger partial charge in [0, 0.05) is 32.7 Å². The Hall–Kier alpha value is -0.770. The molecule has 0 spiro atoms. The molecule has 1 aromatic carbocycles. The highest BCUT2D eigenvalue weighted by atomic mass is 35.5. The standard InChI is InChI=1S/C15H21ClN2O/c1-11-12(10-18-6-4-17-5-7-18)9-14(16)15-13(11)3-2-8-19-15/h9,17H,2-8,10H2,1H3. The monoisotopic (exact) mass is 280 g/mol. The van der Waals surface area contributed by atoms with Gasteiger partial charge in [-0.25, -0.2) is 0 Å². The molecule has 3 rings (SSSR count). The van der Waals surface area contributed by atoms with Crippen LogP contribution in [0.4, 0.5) is 0 Å². The van der Waals surface area contributed by atoms with Gasteiger partial charge in [0.1, 0.15) is 5.75 Å². The molecule has 0 aromatic heterocycles. The molecule has 19 heavy (non-hydrogen) atoms. The number of nitrogens with zero attached hydrogens (tertiary/aromatic N) is 1. The third-order valence-corrected chi connectivity index (χ3v) is 4.43. The van der Waals surface area contributed by atoms with Crippen molar-refractivity contribution in [1.29, 1.82) is 0 Å². The van der Waals surface area contributed by atoms with E-state index in [1.165, 1.54) is 16.7 Å². The van der Waals surface area contributed by atoms with E-state index in [0.717, 1.165) is 62.9 Å². The summed E-state index contributed by atoms with van der Waals surface area (Å²) in [6.45, 7) is 8.40. The largest absolute Gasteiger partial charge is 0.492 e. The molecule has 0 amide bonds. The second-order valence-corrected chi connectivity index (χ2v) is 5.84. The van der Waals surface area contributed by atoms with Gasteiger partial charge >= 0.3 is 0 Å². The number of benzene rings is 1. The fourth-order valence-electron chi connectivity index (χ4n) is 2.99. The number of hydrogen-bond acceptors (Lipinski definition) is 3. The molecule has 0 aliphatic carbocycles. The van der Waals surface area contributed by atoms with Crippen molar-refractivity contribution in [3.63, 3.8) is 0 Å². The van der Waals surface area contributed by atoms with E-state index in [9.17, 15) is 0 Å². The zero-order valence-electron chi connectivity index (χ0n) is 11.5. The van der Waals surface area contributed by atoms with Crippen LogP contribution in [0, 0.1) is 6.92 Å². The van der Waals surface area contributed by atoms with Crippen LogP contribution >= 0.6 is 11.6 Å². The van der Waals surface area contributed by atoms with Gasteiger partial charge in [-0.05, 0) is 42.5 Å². The van der Waals surface area contributed by atoms with Crippen LogP contribution in [0.3, 0.4) is 0 Å². The lowest BCUT2D eigenvalue weighted by Gasteiger charge is -2.29. The van der Waals surface area contributed by atoms with Gasteiger partial charge < -0.3 is 10.1 Å². The number of fused-ring (bicyclic) bond motifs is 1. The Morgan fingerprint density at radius 3 is 2.95 bits per heavy atom. The van der Waals surface area contributed by atoms with Crippen molar-refractivity contribution >= 4 is 11.6 Å². The van der Waals surface area contributed by atoms with Gasteiger partial charge in [0.05, 0.1) is 11.6 Å². The van der Waals surface area contributed by atoms with Crippen LogP contribution in [0.25, 0.3) is 0 Å². The fourth-order valence-corrected chi connectivity index (χ4v) is 3.29. The number of ether oxygens (including phenoxy) is 1. The number of halogens is 1. The van der Waals surface area contributed by atoms with E-state index in [-0.39, 0.29) is 0 Å². The van der Waals surface area contributed by atoms with E-state index in [4.69, 9.17) is 16.3 Å². The quantitative estimate of drug-likeness (QED) is 0.900. The highest BCUT2D eigenvalue weighted by molar-refractivity contribution is 6.32. The first kappa shape index (κ1) is 13.2. The van der Waals surface area contributed by atoms with Gasteiger partial charge in [0.25, 0.3) is 0 Å². The Labute approximate surface area is 119 Å². The Kier molecular flexibility index (Phi) is 3.96. The summed E-state index contributed by atoms with van der Waals surface area (Å²) in [6.07, 6.45) is 2.19. The molecule has 2 aliphatic heterocycles. The molecule has 2 heterocycles. The summed E-state index contributed by atoms with van der Waals surface area (Å²) in [5.41, 5.74) is 4.05. The molecule has 1 N–H and O–H groups in total. The number of rotatable bonds is 2. The predicted molar refractivity (Wildman–Crippen MR) is 78.2 cm³/mol. The minimum atomic E-state index is 0.783. The van der Waals surface area contributed by atoms with E-state index in [0.29, 0.717) is 0 Å². The van der Waals surface area contributed by atoms with Crippen molar-refractivity contribution in [2.45, 2.75) is 26.3 Å². The van der Waals surface area contributed by atoms with Crippen LogP contribution in [0.5, 0.6) is 5.75 Å². The highest BCUT2D eigenvalue weighted by Gasteiger charge is 2.20. The maximum Gasteiger partial charge on any atom is 0.141 e. The van der Waals surface area contributed by atoms with Crippen molar-refractivity contribution in [3.8, 4) is 5.75 Å². The van der Waals surface area contributed by atoms with E-state index in [1.807, 2.05) is 0 Å². The first-order valence-electron chi connectivity index (χ1n) is 7.12.